The molecule has 0 bridgehead atoms. The van der Waals surface area contributed by atoms with Crippen LogP contribution >= 0.6 is 24.8 Å². The second kappa shape index (κ2) is 5.79. The third-order valence-corrected chi connectivity index (χ3v) is 0.735. The van der Waals surface area contributed by atoms with Gasteiger partial charge in [0.25, 0.3) is 0 Å². The van der Waals surface area contributed by atoms with E-state index < -0.39 is 0 Å². The fourth-order valence-electron chi connectivity index (χ4n) is 0.411. The minimum absolute atomic E-state index is 0. The predicted molar refractivity (Wildman–Crippen MR) is 41.9 cm³/mol. The predicted octanol–water partition coefficient (Wildman–Crippen LogP) is 1.22. The van der Waals surface area contributed by atoms with E-state index in [9.17, 15) is 0 Å². The maximum Gasteiger partial charge on any atom is 0.127 e. The summed E-state index contributed by atoms with van der Waals surface area (Å²) in [4.78, 5) is 0. The molecular formula is C5H9Cl2NO. The fourth-order valence-corrected chi connectivity index (χ4v) is 0.411. The summed E-state index contributed by atoms with van der Waals surface area (Å²) in [6.07, 6.45) is 5.22. The fraction of sp³-hybridized carbons (Fsp3) is 0.200. The maximum absolute atomic E-state index is 5.32. The number of allylic oxidation sites excluding steroid dienone is 2. The van der Waals surface area contributed by atoms with Gasteiger partial charge >= 0.3 is 0 Å². The molecule has 0 saturated carbocycles. The first kappa shape index (κ1) is 11.5. The summed E-state index contributed by atoms with van der Waals surface area (Å²) in [7, 11) is 0. The van der Waals surface area contributed by atoms with E-state index in [2.05, 4.69) is 0 Å². The Morgan fingerprint density at radius 1 is 1.44 bits per heavy atom. The molecule has 0 unspecified atom stereocenters. The maximum atomic E-state index is 5.32. The number of rotatable bonds is 0. The smallest absolute Gasteiger partial charge is 0.127 e. The average molecular weight is 170 g/mol. The molecule has 1 heterocycles. The molecule has 1 aliphatic heterocycles. The van der Waals surface area contributed by atoms with Crippen molar-refractivity contribution in [2.24, 2.45) is 5.73 Å². The van der Waals surface area contributed by atoms with Gasteiger partial charge in [0, 0.05) is 5.70 Å². The third-order valence-electron chi connectivity index (χ3n) is 0.735. The van der Waals surface area contributed by atoms with Gasteiger partial charge in [0.2, 0.25) is 0 Å². The van der Waals surface area contributed by atoms with Crippen molar-refractivity contribution in [1.29, 1.82) is 0 Å². The highest BCUT2D eigenvalue weighted by Gasteiger charge is 1.88. The van der Waals surface area contributed by atoms with Crippen molar-refractivity contribution in [3.63, 3.8) is 0 Å². The van der Waals surface area contributed by atoms with Gasteiger partial charge in [-0.2, -0.15) is 0 Å². The van der Waals surface area contributed by atoms with E-state index in [0.29, 0.717) is 6.61 Å². The summed E-state index contributed by atoms with van der Waals surface area (Å²) in [5.41, 5.74) is 6.10. The van der Waals surface area contributed by atoms with Gasteiger partial charge in [-0.3, -0.25) is 0 Å². The number of hydrogen-bond acceptors (Lipinski definition) is 2. The first-order valence-corrected chi connectivity index (χ1v) is 2.12. The summed E-state index contributed by atoms with van der Waals surface area (Å²) < 4.78 is 4.81. The molecular weight excluding hydrogens is 161 g/mol. The molecule has 0 amide bonds. The molecule has 0 aromatic carbocycles. The van der Waals surface area contributed by atoms with E-state index in [1.54, 1.807) is 12.3 Å². The third kappa shape index (κ3) is 4.18. The van der Waals surface area contributed by atoms with Crippen LogP contribution in [0.15, 0.2) is 24.1 Å². The molecule has 0 saturated heterocycles. The van der Waals surface area contributed by atoms with E-state index in [-0.39, 0.29) is 24.8 Å². The molecule has 0 fully saturated rings. The van der Waals surface area contributed by atoms with Gasteiger partial charge in [0.15, 0.2) is 0 Å². The molecule has 1 rings (SSSR count). The molecule has 54 valence electrons. The van der Waals surface area contributed by atoms with Gasteiger partial charge in [-0.15, -0.1) is 24.8 Å². The second-order valence-corrected chi connectivity index (χ2v) is 1.38. The van der Waals surface area contributed by atoms with Crippen LogP contribution in [0.4, 0.5) is 0 Å². The van der Waals surface area contributed by atoms with Crippen LogP contribution in [0.2, 0.25) is 0 Å². The summed E-state index contributed by atoms with van der Waals surface area (Å²) in [6, 6.07) is 0. The Hall–Kier alpha value is -0.340. The van der Waals surface area contributed by atoms with E-state index in [0.717, 1.165) is 5.70 Å². The molecule has 9 heavy (non-hydrogen) atoms. The van der Waals surface area contributed by atoms with E-state index in [1.165, 1.54) is 0 Å². The highest BCUT2D eigenvalue weighted by Crippen LogP contribution is 1.93. The van der Waals surface area contributed by atoms with Gasteiger partial charge in [0.1, 0.15) is 6.61 Å². The minimum Gasteiger partial charge on any atom is -0.495 e. The van der Waals surface area contributed by atoms with Gasteiger partial charge < -0.3 is 10.5 Å². The van der Waals surface area contributed by atoms with Gasteiger partial charge in [0.05, 0.1) is 6.26 Å². The minimum atomic E-state index is 0. The van der Waals surface area contributed by atoms with Crippen molar-refractivity contribution in [2.75, 3.05) is 6.61 Å². The van der Waals surface area contributed by atoms with Crippen LogP contribution in [0.5, 0.6) is 0 Å². The topological polar surface area (TPSA) is 35.2 Å². The highest BCUT2D eigenvalue weighted by atomic mass is 35.5. The average Bonchev–Trinajstić information content (AvgIpc) is 1.69. The Balaban J connectivity index is 0. The summed E-state index contributed by atoms with van der Waals surface area (Å²) in [5, 5.41) is 0. The van der Waals surface area contributed by atoms with Crippen molar-refractivity contribution in [3.05, 3.63) is 24.1 Å². The molecule has 4 heteroatoms. The monoisotopic (exact) mass is 169 g/mol. The molecule has 0 aromatic rings. The van der Waals surface area contributed by atoms with Crippen LogP contribution in [-0.4, -0.2) is 6.61 Å². The zero-order chi connectivity index (χ0) is 5.11. The lowest BCUT2D eigenvalue weighted by Gasteiger charge is -2.02. The first-order valence-electron chi connectivity index (χ1n) is 2.12. The standard InChI is InChI=1S/C5H7NO.2ClH/c6-5-2-1-3-7-4-5;;/h1-3H,4,6H2;2*1H. The van der Waals surface area contributed by atoms with Crippen LogP contribution in [-0.2, 0) is 4.74 Å². The quantitative estimate of drug-likeness (QED) is 0.593. The number of ether oxygens (including phenoxy) is 1. The Labute approximate surface area is 66.6 Å². The lowest BCUT2D eigenvalue weighted by molar-refractivity contribution is 0.274. The number of hydrogen-bond donors (Lipinski definition) is 1. The summed E-state index contributed by atoms with van der Waals surface area (Å²) in [5.74, 6) is 0. The Bertz CT molecular complexity index is 122. The highest BCUT2D eigenvalue weighted by molar-refractivity contribution is 5.85. The van der Waals surface area contributed by atoms with Crippen molar-refractivity contribution >= 4 is 24.8 Å². The Morgan fingerprint density at radius 3 is 2.33 bits per heavy atom. The number of nitrogens with two attached hydrogens (primary N) is 1. The van der Waals surface area contributed by atoms with Gasteiger partial charge in [-0.1, -0.05) is 0 Å². The number of halogens is 2. The van der Waals surface area contributed by atoms with Crippen LogP contribution in [0.3, 0.4) is 0 Å². The van der Waals surface area contributed by atoms with Gasteiger partial charge in [-0.25, -0.2) is 0 Å². The zero-order valence-electron chi connectivity index (χ0n) is 4.74. The Kier molecular flexibility index (Phi) is 7.37. The van der Waals surface area contributed by atoms with Crippen molar-refractivity contribution in [3.8, 4) is 0 Å². The van der Waals surface area contributed by atoms with E-state index in [4.69, 9.17) is 10.5 Å². The lowest BCUT2D eigenvalue weighted by atomic mass is 10.4. The van der Waals surface area contributed by atoms with Gasteiger partial charge in [-0.05, 0) is 12.2 Å². The first-order chi connectivity index (χ1) is 3.39. The molecule has 0 aliphatic carbocycles. The SMILES string of the molecule is Cl.Cl.NC1=CC=COC1. The van der Waals surface area contributed by atoms with Crippen LogP contribution < -0.4 is 5.73 Å². The van der Waals surface area contributed by atoms with Crippen molar-refractivity contribution < 1.29 is 4.74 Å². The lowest BCUT2D eigenvalue weighted by Crippen LogP contribution is -2.05. The van der Waals surface area contributed by atoms with E-state index >= 15 is 0 Å². The Morgan fingerprint density at radius 2 is 2.11 bits per heavy atom. The normalized spacial score (nSPS) is 14.0. The van der Waals surface area contributed by atoms with E-state index in [1.807, 2.05) is 6.08 Å². The van der Waals surface area contributed by atoms with Crippen molar-refractivity contribution in [2.45, 2.75) is 0 Å². The zero-order valence-corrected chi connectivity index (χ0v) is 6.37. The summed E-state index contributed by atoms with van der Waals surface area (Å²) in [6.45, 7) is 0.538. The molecule has 0 spiro atoms. The van der Waals surface area contributed by atoms with Crippen molar-refractivity contribution in [1.82, 2.24) is 0 Å². The molecule has 2 N–H and O–H groups in total. The van der Waals surface area contributed by atoms with Crippen LogP contribution in [0, 0.1) is 0 Å². The molecule has 1 aliphatic rings. The molecule has 0 atom stereocenters. The molecule has 0 aromatic heterocycles. The van der Waals surface area contributed by atoms with Crippen LogP contribution in [0.1, 0.15) is 0 Å². The second-order valence-electron chi connectivity index (χ2n) is 1.38. The summed E-state index contributed by atoms with van der Waals surface area (Å²) >= 11 is 0. The molecule has 0 radical (unpaired) electrons. The largest absolute Gasteiger partial charge is 0.495 e. The van der Waals surface area contributed by atoms with Crippen LogP contribution in [0.25, 0.3) is 0 Å². The molecule has 2 nitrogen and oxygen atoms in total.